The van der Waals surface area contributed by atoms with Crippen molar-refractivity contribution >= 4 is 28.9 Å². The lowest BCUT2D eigenvalue weighted by atomic mass is 10.1. The molecule has 0 aliphatic heterocycles. The molecule has 0 amide bonds. The molecule has 0 aromatic heterocycles. The monoisotopic (exact) mass is 392 g/mol. The number of nitriles is 1. The summed E-state index contributed by atoms with van der Waals surface area (Å²) >= 11 is 12.1. The van der Waals surface area contributed by atoms with Crippen LogP contribution in [0.15, 0.2) is 42.1 Å². The lowest BCUT2D eigenvalue weighted by molar-refractivity contribution is 0.324. The van der Waals surface area contributed by atoms with Crippen molar-refractivity contribution in [2.75, 3.05) is 26.6 Å². The van der Waals surface area contributed by atoms with Crippen LogP contribution in [0, 0.1) is 11.3 Å². The number of halogens is 2. The summed E-state index contributed by atoms with van der Waals surface area (Å²) in [6, 6.07) is 10.8. The minimum atomic E-state index is 0.373. The lowest BCUT2D eigenvalue weighted by Gasteiger charge is -2.14. The standard InChI is InChI=1S/C19H18Cl2N2O3/c1-24-17-7-12(8-18(25-2)19(17)26-3)6-13(10-22)11-23-16-9-14(20)4-5-15(16)21/h4-5,7-9,11,23H,6H2,1-3H3. The van der Waals surface area contributed by atoms with E-state index in [1.165, 1.54) is 0 Å². The number of methoxy groups -OCH3 is 3. The summed E-state index contributed by atoms with van der Waals surface area (Å²) in [5.74, 6) is 1.57. The van der Waals surface area contributed by atoms with E-state index in [4.69, 9.17) is 37.4 Å². The van der Waals surface area contributed by atoms with Crippen molar-refractivity contribution in [1.29, 1.82) is 5.26 Å². The first-order valence-electron chi connectivity index (χ1n) is 7.62. The van der Waals surface area contributed by atoms with Gasteiger partial charge >= 0.3 is 0 Å². The normalized spacial score (nSPS) is 10.8. The fraction of sp³-hybridized carbons (Fsp3) is 0.211. The van der Waals surface area contributed by atoms with Crippen LogP contribution < -0.4 is 19.5 Å². The van der Waals surface area contributed by atoms with Crippen LogP contribution in [0.1, 0.15) is 5.56 Å². The summed E-state index contributed by atoms with van der Waals surface area (Å²) in [5.41, 5.74) is 1.96. The maximum Gasteiger partial charge on any atom is 0.203 e. The Balaban J connectivity index is 2.27. The molecule has 26 heavy (non-hydrogen) atoms. The van der Waals surface area contributed by atoms with E-state index in [0.717, 1.165) is 5.56 Å². The molecule has 0 saturated carbocycles. The van der Waals surface area contributed by atoms with Crippen LogP contribution >= 0.6 is 23.2 Å². The Kier molecular flexibility index (Phi) is 7.02. The van der Waals surface area contributed by atoms with Crippen LogP contribution in [0.2, 0.25) is 10.0 Å². The van der Waals surface area contributed by atoms with Gasteiger partial charge in [-0.05, 0) is 35.9 Å². The smallest absolute Gasteiger partial charge is 0.203 e. The van der Waals surface area contributed by atoms with Crippen LogP contribution in [0.3, 0.4) is 0 Å². The number of benzene rings is 2. The van der Waals surface area contributed by atoms with Gasteiger partial charge in [0.25, 0.3) is 0 Å². The molecule has 0 radical (unpaired) electrons. The van der Waals surface area contributed by atoms with Gasteiger partial charge in [0.05, 0.1) is 38.1 Å². The first kappa shape index (κ1) is 19.8. The second kappa shape index (κ2) is 9.23. The molecular formula is C19H18Cl2N2O3. The summed E-state index contributed by atoms with van der Waals surface area (Å²) < 4.78 is 16.0. The quantitative estimate of drug-likeness (QED) is 0.665. The van der Waals surface area contributed by atoms with Crippen LogP contribution in [0.4, 0.5) is 5.69 Å². The zero-order valence-electron chi connectivity index (χ0n) is 14.6. The topological polar surface area (TPSA) is 63.5 Å². The second-order valence-corrected chi connectivity index (χ2v) is 6.10. The molecule has 0 spiro atoms. The van der Waals surface area contributed by atoms with E-state index in [2.05, 4.69) is 11.4 Å². The highest BCUT2D eigenvalue weighted by atomic mass is 35.5. The number of ether oxygens (including phenoxy) is 3. The van der Waals surface area contributed by atoms with Crippen LogP contribution in [-0.2, 0) is 6.42 Å². The van der Waals surface area contributed by atoms with E-state index >= 15 is 0 Å². The zero-order valence-corrected chi connectivity index (χ0v) is 16.1. The number of nitrogens with zero attached hydrogens (tertiary/aromatic N) is 1. The number of anilines is 1. The minimum Gasteiger partial charge on any atom is -0.493 e. The number of rotatable bonds is 7. The van der Waals surface area contributed by atoms with Gasteiger partial charge in [-0.1, -0.05) is 23.2 Å². The number of allylic oxidation sites excluding steroid dienone is 1. The maximum atomic E-state index is 9.44. The molecule has 0 heterocycles. The highest BCUT2D eigenvalue weighted by Crippen LogP contribution is 2.38. The second-order valence-electron chi connectivity index (χ2n) is 5.26. The summed E-state index contributed by atoms with van der Waals surface area (Å²) in [6.45, 7) is 0. The number of hydrogen-bond donors (Lipinski definition) is 1. The van der Waals surface area contributed by atoms with Gasteiger partial charge < -0.3 is 19.5 Å². The lowest BCUT2D eigenvalue weighted by Crippen LogP contribution is -1.99. The predicted octanol–water partition coefficient (Wildman–Crippen LogP) is 5.08. The van der Waals surface area contributed by atoms with E-state index < -0.39 is 0 Å². The van der Waals surface area contributed by atoms with Gasteiger partial charge in [-0.25, -0.2) is 0 Å². The summed E-state index contributed by atoms with van der Waals surface area (Å²) in [5, 5.41) is 13.5. The average Bonchev–Trinajstić information content (AvgIpc) is 2.66. The molecule has 1 N–H and O–H groups in total. The first-order chi connectivity index (χ1) is 12.5. The summed E-state index contributed by atoms with van der Waals surface area (Å²) in [4.78, 5) is 0. The highest BCUT2D eigenvalue weighted by Gasteiger charge is 2.14. The molecule has 0 fully saturated rings. The molecule has 2 aromatic carbocycles. The first-order valence-corrected chi connectivity index (χ1v) is 8.37. The predicted molar refractivity (Wildman–Crippen MR) is 104 cm³/mol. The maximum absolute atomic E-state index is 9.44. The Morgan fingerprint density at radius 3 is 2.27 bits per heavy atom. The molecule has 0 unspecified atom stereocenters. The Labute approximate surface area is 162 Å². The molecule has 7 heteroatoms. The third kappa shape index (κ3) is 4.75. The van der Waals surface area contributed by atoms with Crippen LogP contribution in [0.5, 0.6) is 17.2 Å². The molecule has 0 aliphatic rings. The van der Waals surface area contributed by atoms with E-state index in [-0.39, 0.29) is 0 Å². The molecule has 0 bridgehead atoms. The van der Waals surface area contributed by atoms with Gasteiger partial charge in [0.15, 0.2) is 11.5 Å². The molecule has 0 aliphatic carbocycles. The van der Waals surface area contributed by atoms with Crippen LogP contribution in [-0.4, -0.2) is 21.3 Å². The van der Waals surface area contributed by atoms with Crippen molar-refractivity contribution in [3.8, 4) is 23.3 Å². The highest BCUT2D eigenvalue weighted by molar-refractivity contribution is 6.35. The van der Waals surface area contributed by atoms with Crippen molar-refractivity contribution in [2.45, 2.75) is 6.42 Å². The molecule has 0 saturated heterocycles. The fourth-order valence-corrected chi connectivity index (χ4v) is 2.70. The Morgan fingerprint density at radius 1 is 1.08 bits per heavy atom. The Hall–Kier alpha value is -2.55. The molecule has 5 nitrogen and oxygen atoms in total. The number of nitrogens with one attached hydrogen (secondary N) is 1. The van der Waals surface area contributed by atoms with Crippen molar-refractivity contribution < 1.29 is 14.2 Å². The van der Waals surface area contributed by atoms with E-state index in [0.29, 0.717) is 45.0 Å². The number of hydrogen-bond acceptors (Lipinski definition) is 5. The van der Waals surface area contributed by atoms with Crippen molar-refractivity contribution in [2.24, 2.45) is 0 Å². The average molecular weight is 393 g/mol. The third-order valence-electron chi connectivity index (χ3n) is 3.59. The van der Waals surface area contributed by atoms with E-state index in [1.807, 2.05) is 0 Å². The Bertz CT molecular complexity index is 835. The summed E-state index contributed by atoms with van der Waals surface area (Å²) in [6.07, 6.45) is 1.97. The van der Waals surface area contributed by atoms with Gasteiger partial charge in [0.1, 0.15) is 0 Å². The van der Waals surface area contributed by atoms with Gasteiger partial charge in [0, 0.05) is 23.2 Å². The van der Waals surface area contributed by atoms with Crippen LogP contribution in [0.25, 0.3) is 0 Å². The van der Waals surface area contributed by atoms with Gasteiger partial charge in [-0.3, -0.25) is 0 Å². The van der Waals surface area contributed by atoms with Crippen molar-refractivity contribution in [3.63, 3.8) is 0 Å². The largest absolute Gasteiger partial charge is 0.493 e. The van der Waals surface area contributed by atoms with Gasteiger partial charge in [0.2, 0.25) is 5.75 Å². The molecular weight excluding hydrogens is 375 g/mol. The van der Waals surface area contributed by atoms with Crippen molar-refractivity contribution in [1.82, 2.24) is 0 Å². The third-order valence-corrected chi connectivity index (χ3v) is 4.16. The van der Waals surface area contributed by atoms with Crippen molar-refractivity contribution in [3.05, 3.63) is 57.7 Å². The fourth-order valence-electron chi connectivity index (χ4n) is 2.35. The van der Waals surface area contributed by atoms with E-state index in [9.17, 15) is 5.26 Å². The van der Waals surface area contributed by atoms with Gasteiger partial charge in [-0.15, -0.1) is 0 Å². The minimum absolute atomic E-state index is 0.373. The van der Waals surface area contributed by atoms with Gasteiger partial charge in [-0.2, -0.15) is 5.26 Å². The summed E-state index contributed by atoms with van der Waals surface area (Å²) in [7, 11) is 4.63. The molecule has 136 valence electrons. The molecule has 2 rings (SSSR count). The SMILES string of the molecule is COc1cc(CC(C#N)=CNc2cc(Cl)ccc2Cl)cc(OC)c1OC. The molecule has 2 aromatic rings. The zero-order chi connectivity index (χ0) is 19.1. The van der Waals surface area contributed by atoms with E-state index in [1.54, 1.807) is 57.9 Å². The molecule has 0 atom stereocenters. The Morgan fingerprint density at radius 2 is 1.73 bits per heavy atom.